The molecule has 0 saturated carbocycles. The Morgan fingerprint density at radius 2 is 1.64 bits per heavy atom. The van der Waals surface area contributed by atoms with Gasteiger partial charge in [0.15, 0.2) is 0 Å². The van der Waals surface area contributed by atoms with Gasteiger partial charge in [0.1, 0.15) is 5.97 Å². The van der Waals surface area contributed by atoms with Crippen molar-refractivity contribution < 1.29 is 83.9 Å². The van der Waals surface area contributed by atoms with Crippen molar-refractivity contribution in [1.29, 1.82) is 0 Å². The average Bonchev–Trinajstić information content (AvgIpc) is 1.97. The van der Waals surface area contributed by atoms with Crippen molar-refractivity contribution in [3.63, 3.8) is 0 Å². The zero-order valence-electron chi connectivity index (χ0n) is 7.77. The number of hydrogen-bond acceptors (Lipinski definition) is 4. The van der Waals surface area contributed by atoms with Gasteiger partial charge in [-0.05, 0) is 6.92 Å². The minimum Gasteiger partial charge on any atom is -0.544 e. The van der Waals surface area contributed by atoms with E-state index < -0.39 is 23.7 Å². The molecule has 1 aliphatic rings. The number of ether oxygens (including phenoxy) is 2. The van der Waals surface area contributed by atoms with E-state index in [1.54, 1.807) is 0 Å². The minimum atomic E-state index is -4.30. The van der Waals surface area contributed by atoms with Crippen LogP contribution in [-0.2, 0) is 14.3 Å². The van der Waals surface area contributed by atoms with E-state index in [1.807, 2.05) is 0 Å². The molecular formula is C6H6F3KO4. The van der Waals surface area contributed by atoms with Crippen molar-refractivity contribution in [2.24, 2.45) is 0 Å². The van der Waals surface area contributed by atoms with Gasteiger partial charge in [0.05, 0.1) is 0 Å². The molecule has 0 bridgehead atoms. The number of rotatable bonds is 1. The van der Waals surface area contributed by atoms with E-state index in [2.05, 4.69) is 9.47 Å². The third kappa shape index (κ3) is 2.31. The number of hydrogen-bond donors (Lipinski definition) is 0. The summed E-state index contributed by atoms with van der Waals surface area (Å²) in [6.45, 7) is 1.02. The molecule has 2 atom stereocenters. The number of carboxylic acid groups (broad SMARTS) is 1. The first kappa shape index (κ1) is 14.8. The van der Waals surface area contributed by atoms with Crippen molar-refractivity contribution in [1.82, 2.24) is 0 Å². The zero-order valence-corrected chi connectivity index (χ0v) is 10.9. The summed E-state index contributed by atoms with van der Waals surface area (Å²) in [7, 11) is 0. The Kier molecular flexibility index (Phi) is 4.23. The summed E-state index contributed by atoms with van der Waals surface area (Å²) < 4.78 is 45.5. The van der Waals surface area contributed by atoms with Crippen molar-refractivity contribution in [2.45, 2.75) is 31.6 Å². The summed E-state index contributed by atoms with van der Waals surface area (Å²) in [6.07, 6.45) is -4.30. The fraction of sp³-hybridized carbons (Fsp3) is 0.833. The molecule has 0 N–H and O–H groups in total. The van der Waals surface area contributed by atoms with Crippen molar-refractivity contribution in [2.75, 3.05) is 0 Å². The number of carbonyl (C=O) groups is 1. The number of halogens is 3. The van der Waals surface area contributed by atoms with Crippen LogP contribution in [0, 0.1) is 0 Å². The fourth-order valence-electron chi connectivity index (χ4n) is 0.865. The third-order valence-electron chi connectivity index (χ3n) is 1.60. The largest absolute Gasteiger partial charge is 1.00 e. The first-order valence-electron chi connectivity index (χ1n) is 3.29. The van der Waals surface area contributed by atoms with E-state index in [4.69, 9.17) is 0 Å². The van der Waals surface area contributed by atoms with Crippen LogP contribution in [0.5, 0.6) is 0 Å². The van der Waals surface area contributed by atoms with Crippen LogP contribution in [0.2, 0.25) is 0 Å². The van der Waals surface area contributed by atoms with Crippen LogP contribution in [0.15, 0.2) is 0 Å². The monoisotopic (exact) mass is 238 g/mol. The molecular weight excluding hydrogens is 232 g/mol. The van der Waals surface area contributed by atoms with Crippen LogP contribution in [-0.4, -0.2) is 23.7 Å². The Morgan fingerprint density at radius 1 is 1.21 bits per heavy atom. The van der Waals surface area contributed by atoms with E-state index in [1.165, 1.54) is 0 Å². The van der Waals surface area contributed by atoms with Crippen LogP contribution in [0.25, 0.3) is 0 Å². The van der Waals surface area contributed by atoms with Gasteiger partial charge in [-0.3, -0.25) is 4.74 Å². The Bertz CT molecular complexity index is 239. The second-order valence-corrected chi connectivity index (χ2v) is 2.87. The molecule has 0 aromatic carbocycles. The molecule has 0 aromatic rings. The van der Waals surface area contributed by atoms with Crippen LogP contribution < -0.4 is 56.5 Å². The summed E-state index contributed by atoms with van der Waals surface area (Å²) in [4.78, 5) is 10.2. The molecule has 1 saturated heterocycles. The normalized spacial score (nSPS) is 40.4. The van der Waals surface area contributed by atoms with Crippen molar-refractivity contribution in [3.05, 3.63) is 0 Å². The van der Waals surface area contributed by atoms with Gasteiger partial charge >= 0.3 is 63.3 Å². The first-order valence-corrected chi connectivity index (χ1v) is 3.29. The van der Waals surface area contributed by atoms with E-state index in [9.17, 15) is 23.1 Å². The van der Waals surface area contributed by atoms with E-state index in [0.29, 0.717) is 13.8 Å². The molecule has 0 aromatic heterocycles. The molecule has 0 aliphatic carbocycles. The van der Waals surface area contributed by atoms with Crippen LogP contribution >= 0.6 is 0 Å². The van der Waals surface area contributed by atoms with Gasteiger partial charge in [-0.15, -0.1) is 0 Å². The summed E-state index contributed by atoms with van der Waals surface area (Å²) in [5.41, 5.74) is 0. The average molecular weight is 238 g/mol. The van der Waals surface area contributed by atoms with Gasteiger partial charge < -0.3 is 14.6 Å². The molecule has 76 valence electrons. The number of aliphatic carboxylic acids is 1. The number of carbonyl (C=O) groups excluding carboxylic acids is 1. The molecule has 8 heteroatoms. The molecule has 4 nitrogen and oxygen atoms in total. The van der Waals surface area contributed by atoms with Gasteiger partial charge in [0.25, 0.3) is 0 Å². The van der Waals surface area contributed by atoms with Gasteiger partial charge in [0.2, 0.25) is 5.79 Å². The quantitative estimate of drug-likeness (QED) is 0.451. The molecule has 1 aliphatic heterocycles. The first-order chi connectivity index (χ1) is 5.61. The molecule has 1 rings (SSSR count). The van der Waals surface area contributed by atoms with E-state index in [-0.39, 0.29) is 51.4 Å². The molecule has 0 spiro atoms. The van der Waals surface area contributed by atoms with Crippen molar-refractivity contribution in [3.8, 4) is 0 Å². The Hall–Kier alpha value is 0.816. The maximum Gasteiger partial charge on any atom is 1.00 e. The summed E-state index contributed by atoms with van der Waals surface area (Å²) in [5, 5.41) is 10.2. The molecule has 1 fully saturated rings. The maximum absolute atomic E-state index is 12.9. The zero-order chi connectivity index (χ0) is 10.5. The second-order valence-electron chi connectivity index (χ2n) is 2.87. The Balaban J connectivity index is 0.00000169. The predicted molar refractivity (Wildman–Crippen MR) is 30.0 cm³/mol. The number of carboxylic acids is 1. The minimum absolute atomic E-state index is 0. The maximum atomic E-state index is 12.9. The van der Waals surface area contributed by atoms with Crippen LogP contribution in [0.1, 0.15) is 13.8 Å². The van der Waals surface area contributed by atoms with Gasteiger partial charge in [-0.2, -0.15) is 8.78 Å². The van der Waals surface area contributed by atoms with Crippen LogP contribution in [0.4, 0.5) is 13.2 Å². The molecule has 1 heterocycles. The van der Waals surface area contributed by atoms with Gasteiger partial charge in [-0.1, -0.05) is 0 Å². The fourth-order valence-corrected chi connectivity index (χ4v) is 0.865. The Labute approximate surface area is 120 Å². The van der Waals surface area contributed by atoms with E-state index in [0.717, 1.165) is 0 Å². The molecule has 0 radical (unpaired) electrons. The SMILES string of the molecule is CC1(C(=O)[O-])OC(C)(F)C(F)(F)O1.[K+]. The topological polar surface area (TPSA) is 58.6 Å². The van der Waals surface area contributed by atoms with Gasteiger partial charge in [-0.25, -0.2) is 4.39 Å². The van der Waals surface area contributed by atoms with Crippen LogP contribution in [0.3, 0.4) is 0 Å². The predicted octanol–water partition coefficient (Wildman–Crippen LogP) is -3.22. The third-order valence-corrected chi connectivity index (χ3v) is 1.60. The second kappa shape index (κ2) is 4.00. The standard InChI is InChI=1S/C6H7F3O4.K/c1-4(3(10)11)12-5(2,7)6(8,9)13-4;/h1-2H3,(H,10,11);/q;+1/p-1. The van der Waals surface area contributed by atoms with E-state index >= 15 is 0 Å². The smallest absolute Gasteiger partial charge is 0.544 e. The van der Waals surface area contributed by atoms with Gasteiger partial charge in [0, 0.05) is 6.92 Å². The van der Waals surface area contributed by atoms with Crippen molar-refractivity contribution >= 4 is 5.97 Å². The number of alkyl halides is 3. The summed E-state index contributed by atoms with van der Waals surface area (Å²) in [5.74, 6) is -8.29. The Morgan fingerprint density at radius 3 is 1.79 bits per heavy atom. The molecule has 0 amide bonds. The molecule has 2 unspecified atom stereocenters. The summed E-state index contributed by atoms with van der Waals surface area (Å²) >= 11 is 0. The summed E-state index contributed by atoms with van der Waals surface area (Å²) in [6, 6.07) is 0. The molecule has 14 heavy (non-hydrogen) atoms.